The maximum Gasteiger partial charge on any atom is 0.500 e. The Labute approximate surface area is 179 Å². The summed E-state index contributed by atoms with van der Waals surface area (Å²) in [5, 5.41) is 0. The molecule has 0 saturated heterocycles. The molecule has 0 fully saturated rings. The lowest BCUT2D eigenvalue weighted by Gasteiger charge is -2.38. The molecule has 0 saturated carbocycles. The SMILES string of the molecule is CCO[Si](CCCCCC[Si]C(N(CC)CC)N(CC)CC)(OCC)OCC. The highest BCUT2D eigenvalue weighted by Gasteiger charge is 2.39. The van der Waals surface area contributed by atoms with Crippen molar-refractivity contribution >= 4 is 18.3 Å². The van der Waals surface area contributed by atoms with E-state index >= 15 is 0 Å². The number of hydrogen-bond acceptors (Lipinski definition) is 5. The molecule has 0 aliphatic rings. The van der Waals surface area contributed by atoms with Crippen LogP contribution in [0.1, 0.15) is 74.1 Å². The third-order valence-corrected chi connectivity index (χ3v) is 10.0. The first-order chi connectivity index (χ1) is 13.6. The van der Waals surface area contributed by atoms with Gasteiger partial charge in [-0.3, -0.25) is 9.80 Å². The standard InChI is InChI=1S/C21H48N2O3Si2/c1-8-22(9-2)21(23(10-3)11-4)27-19-17-15-16-18-20-28(24-12-5,25-13-6)26-14-7/h21H,8-20H2,1-7H3. The van der Waals surface area contributed by atoms with E-state index in [9.17, 15) is 0 Å². The molecule has 28 heavy (non-hydrogen) atoms. The monoisotopic (exact) mass is 432 g/mol. The van der Waals surface area contributed by atoms with E-state index in [1.54, 1.807) is 0 Å². The molecule has 0 spiro atoms. The fraction of sp³-hybridized carbons (Fsp3) is 1.00. The Morgan fingerprint density at radius 2 is 1.07 bits per heavy atom. The lowest BCUT2D eigenvalue weighted by Crippen LogP contribution is -2.51. The highest BCUT2D eigenvalue weighted by atomic mass is 28.4. The third-order valence-electron chi connectivity index (χ3n) is 5.15. The normalized spacial score (nSPS) is 12.6. The van der Waals surface area contributed by atoms with Crippen LogP contribution in [0.3, 0.4) is 0 Å². The fourth-order valence-electron chi connectivity index (χ4n) is 3.68. The van der Waals surface area contributed by atoms with Gasteiger partial charge in [-0.15, -0.1) is 0 Å². The van der Waals surface area contributed by atoms with Gasteiger partial charge in [0.15, 0.2) is 0 Å². The zero-order valence-corrected chi connectivity index (χ0v) is 21.9. The van der Waals surface area contributed by atoms with Crippen molar-refractivity contribution in [2.24, 2.45) is 0 Å². The van der Waals surface area contributed by atoms with Gasteiger partial charge in [-0.2, -0.15) is 0 Å². The first kappa shape index (κ1) is 28.2. The molecule has 7 heteroatoms. The first-order valence-corrected chi connectivity index (χ1v) is 14.9. The maximum absolute atomic E-state index is 5.96. The van der Waals surface area contributed by atoms with Gasteiger partial charge < -0.3 is 13.3 Å². The summed E-state index contributed by atoms with van der Waals surface area (Å²) in [6.07, 6.45) is 5.01. The van der Waals surface area contributed by atoms with E-state index in [0.717, 1.165) is 48.2 Å². The van der Waals surface area contributed by atoms with E-state index in [0.29, 0.717) is 25.6 Å². The molecule has 0 heterocycles. The molecule has 0 bridgehead atoms. The predicted molar refractivity (Wildman–Crippen MR) is 124 cm³/mol. The summed E-state index contributed by atoms with van der Waals surface area (Å²) >= 11 is 0. The summed E-state index contributed by atoms with van der Waals surface area (Å²) in [5.74, 6) is 0.624. The minimum atomic E-state index is -2.44. The Hall–Kier alpha value is 0.234. The molecule has 0 aromatic heterocycles. The molecule has 5 nitrogen and oxygen atoms in total. The summed E-state index contributed by atoms with van der Waals surface area (Å²) in [6.45, 7) is 21.8. The molecule has 0 rings (SSSR count). The van der Waals surface area contributed by atoms with E-state index in [1.165, 1.54) is 25.3 Å². The van der Waals surface area contributed by atoms with Gasteiger partial charge in [0.2, 0.25) is 0 Å². The van der Waals surface area contributed by atoms with Gasteiger partial charge in [0.25, 0.3) is 0 Å². The van der Waals surface area contributed by atoms with Crippen LogP contribution >= 0.6 is 0 Å². The second-order valence-electron chi connectivity index (χ2n) is 6.92. The number of hydrogen-bond donors (Lipinski definition) is 0. The topological polar surface area (TPSA) is 34.2 Å². The Kier molecular flexibility index (Phi) is 18.2. The zero-order chi connectivity index (χ0) is 21.3. The highest BCUT2D eigenvalue weighted by Crippen LogP contribution is 2.20. The van der Waals surface area contributed by atoms with Crippen LogP contribution in [0, 0.1) is 0 Å². The molecular weight excluding hydrogens is 384 g/mol. The van der Waals surface area contributed by atoms with E-state index in [1.807, 2.05) is 20.8 Å². The van der Waals surface area contributed by atoms with Crippen molar-refractivity contribution < 1.29 is 13.3 Å². The van der Waals surface area contributed by atoms with E-state index in [2.05, 4.69) is 37.5 Å². The molecule has 0 unspecified atom stereocenters. The zero-order valence-electron chi connectivity index (χ0n) is 19.9. The molecule has 0 N–H and O–H groups in total. The van der Waals surface area contributed by atoms with Crippen LogP contribution in [-0.4, -0.2) is 79.9 Å². The first-order valence-electron chi connectivity index (χ1n) is 11.7. The largest absolute Gasteiger partial charge is 0.500 e. The fourth-order valence-corrected chi connectivity index (χ4v) is 8.33. The number of unbranched alkanes of at least 4 members (excludes halogenated alkanes) is 3. The van der Waals surface area contributed by atoms with E-state index in [-0.39, 0.29) is 0 Å². The molecule has 0 aliphatic carbocycles. The van der Waals surface area contributed by atoms with E-state index < -0.39 is 8.80 Å². The highest BCUT2D eigenvalue weighted by molar-refractivity contribution is 6.60. The Morgan fingerprint density at radius 3 is 1.46 bits per heavy atom. The smallest absolute Gasteiger partial charge is 0.374 e. The maximum atomic E-state index is 5.96. The number of nitrogens with zero attached hydrogens (tertiary/aromatic N) is 2. The lowest BCUT2D eigenvalue weighted by atomic mass is 10.2. The molecule has 2 radical (unpaired) electrons. The number of rotatable bonds is 20. The lowest BCUT2D eigenvalue weighted by molar-refractivity contribution is 0.0706. The van der Waals surface area contributed by atoms with Crippen LogP contribution in [0.2, 0.25) is 12.1 Å². The second-order valence-corrected chi connectivity index (χ2v) is 11.1. The van der Waals surface area contributed by atoms with Gasteiger partial charge >= 0.3 is 8.80 Å². The van der Waals surface area contributed by atoms with Crippen LogP contribution in [0.15, 0.2) is 0 Å². The Morgan fingerprint density at radius 1 is 0.643 bits per heavy atom. The molecule has 0 aromatic carbocycles. The Balaban J connectivity index is 4.31. The van der Waals surface area contributed by atoms with Crippen LogP contribution in [0.25, 0.3) is 0 Å². The average Bonchev–Trinajstić information content (AvgIpc) is 2.69. The quantitative estimate of drug-likeness (QED) is 0.158. The van der Waals surface area contributed by atoms with Crippen molar-refractivity contribution in [1.82, 2.24) is 9.80 Å². The van der Waals surface area contributed by atoms with Crippen molar-refractivity contribution in [1.29, 1.82) is 0 Å². The minimum absolute atomic E-state index is 0.624. The van der Waals surface area contributed by atoms with E-state index in [4.69, 9.17) is 13.3 Å². The molecule has 0 aliphatic heterocycles. The van der Waals surface area contributed by atoms with Crippen molar-refractivity contribution in [3.63, 3.8) is 0 Å². The van der Waals surface area contributed by atoms with Crippen LogP contribution < -0.4 is 0 Å². The second kappa shape index (κ2) is 18.0. The van der Waals surface area contributed by atoms with Crippen LogP contribution in [0.5, 0.6) is 0 Å². The van der Waals surface area contributed by atoms with Crippen LogP contribution in [0.4, 0.5) is 0 Å². The molecule has 0 amide bonds. The molecule has 168 valence electrons. The minimum Gasteiger partial charge on any atom is -0.374 e. The molecule has 0 atom stereocenters. The summed E-state index contributed by atoms with van der Waals surface area (Å²) < 4.78 is 17.9. The van der Waals surface area contributed by atoms with Crippen molar-refractivity contribution in [2.45, 2.75) is 92.0 Å². The van der Waals surface area contributed by atoms with Gasteiger partial charge in [0.05, 0.1) is 9.52 Å². The summed E-state index contributed by atoms with van der Waals surface area (Å²) in [7, 11) is -1.44. The third kappa shape index (κ3) is 10.9. The van der Waals surface area contributed by atoms with Gasteiger partial charge in [-0.1, -0.05) is 53.0 Å². The Bertz CT molecular complexity index is 315. The van der Waals surface area contributed by atoms with Crippen molar-refractivity contribution in [3.05, 3.63) is 0 Å². The van der Waals surface area contributed by atoms with Gasteiger partial charge in [-0.25, -0.2) is 0 Å². The van der Waals surface area contributed by atoms with Gasteiger partial charge in [-0.05, 0) is 53.4 Å². The van der Waals surface area contributed by atoms with Crippen molar-refractivity contribution in [3.8, 4) is 0 Å². The summed E-state index contributed by atoms with van der Waals surface area (Å²) in [5.41, 5.74) is 0. The van der Waals surface area contributed by atoms with Gasteiger partial charge in [0, 0.05) is 31.7 Å². The summed E-state index contributed by atoms with van der Waals surface area (Å²) in [6, 6.07) is 2.29. The predicted octanol–water partition coefficient (Wildman–Crippen LogP) is 4.68. The molecular formula is C21H48N2O3Si2. The van der Waals surface area contributed by atoms with Crippen LogP contribution in [-0.2, 0) is 13.3 Å². The molecule has 0 aromatic rings. The average molecular weight is 433 g/mol. The van der Waals surface area contributed by atoms with Crippen molar-refractivity contribution in [2.75, 3.05) is 46.0 Å². The summed E-state index contributed by atoms with van der Waals surface area (Å²) in [4.78, 5) is 5.25. The van der Waals surface area contributed by atoms with Gasteiger partial charge in [0.1, 0.15) is 0 Å².